The molecule has 1 saturated heterocycles. The maximum absolute atomic E-state index is 11.0. The van der Waals surface area contributed by atoms with Crippen molar-refractivity contribution >= 4 is 40.0 Å². The highest BCUT2D eigenvalue weighted by molar-refractivity contribution is 14.0. The molecule has 0 unspecified atom stereocenters. The molecule has 0 aromatic rings. The summed E-state index contributed by atoms with van der Waals surface area (Å²) in [5.41, 5.74) is 0.321. The van der Waals surface area contributed by atoms with Gasteiger partial charge in [-0.15, -0.1) is 24.0 Å². The highest BCUT2D eigenvalue weighted by Crippen LogP contribution is 2.28. The summed E-state index contributed by atoms with van der Waals surface area (Å²) >= 11 is 0. The fourth-order valence-electron chi connectivity index (χ4n) is 2.11. The van der Waals surface area contributed by atoms with E-state index in [0.717, 1.165) is 38.3 Å². The highest BCUT2D eigenvalue weighted by Gasteiger charge is 2.30. The van der Waals surface area contributed by atoms with Gasteiger partial charge in [0.05, 0.1) is 12.8 Å². The summed E-state index contributed by atoms with van der Waals surface area (Å²) in [7, 11) is -3.13. The van der Waals surface area contributed by atoms with Crippen LogP contribution in [0.15, 0.2) is 4.99 Å². The average molecular weight is 418 g/mol. The van der Waals surface area contributed by atoms with Crippen LogP contribution in [-0.4, -0.2) is 58.3 Å². The number of nitrogens with zero attached hydrogens (tertiary/aromatic N) is 2. The quantitative estimate of drug-likeness (QED) is 0.301. The molecule has 0 aromatic carbocycles. The Morgan fingerprint density at radius 2 is 2.05 bits per heavy atom. The Morgan fingerprint density at radius 1 is 1.40 bits per heavy atom. The van der Waals surface area contributed by atoms with E-state index in [4.69, 9.17) is 0 Å². The zero-order valence-electron chi connectivity index (χ0n) is 12.8. The Kier molecular flexibility index (Phi) is 8.34. The number of sulfonamides is 1. The standard InChI is InChI=1S/C12H26N4O2S.HI/c1-5-13-11(14-7-8-15-19(4,17)18)16-9-6-12(2,3)10-16;/h15H,5-10H2,1-4H3,(H,13,14);1H. The molecule has 0 radical (unpaired) electrons. The van der Waals surface area contributed by atoms with Gasteiger partial charge in [0.1, 0.15) is 0 Å². The van der Waals surface area contributed by atoms with E-state index < -0.39 is 10.0 Å². The molecule has 1 rings (SSSR count). The number of likely N-dealkylation sites (tertiary alicyclic amines) is 1. The zero-order chi connectivity index (χ0) is 14.5. The van der Waals surface area contributed by atoms with E-state index in [1.807, 2.05) is 6.92 Å². The van der Waals surface area contributed by atoms with Crippen LogP contribution in [0.4, 0.5) is 0 Å². The fourth-order valence-corrected chi connectivity index (χ4v) is 2.57. The maximum atomic E-state index is 11.0. The van der Waals surface area contributed by atoms with Crippen molar-refractivity contribution in [3.8, 4) is 0 Å². The summed E-state index contributed by atoms with van der Waals surface area (Å²) in [6.45, 7) is 10.1. The van der Waals surface area contributed by atoms with E-state index in [1.165, 1.54) is 0 Å². The third kappa shape index (κ3) is 7.63. The van der Waals surface area contributed by atoms with Crippen molar-refractivity contribution in [3.63, 3.8) is 0 Å². The Balaban J connectivity index is 0.00000361. The van der Waals surface area contributed by atoms with Crippen LogP contribution in [-0.2, 0) is 10.0 Å². The molecule has 20 heavy (non-hydrogen) atoms. The number of aliphatic imine (C=N–C) groups is 1. The van der Waals surface area contributed by atoms with Gasteiger partial charge >= 0.3 is 0 Å². The molecule has 2 N–H and O–H groups in total. The van der Waals surface area contributed by atoms with Crippen molar-refractivity contribution in [1.29, 1.82) is 0 Å². The van der Waals surface area contributed by atoms with Crippen LogP contribution in [0.5, 0.6) is 0 Å². The minimum Gasteiger partial charge on any atom is -0.357 e. The normalized spacial score (nSPS) is 18.8. The van der Waals surface area contributed by atoms with Crippen molar-refractivity contribution in [2.45, 2.75) is 27.2 Å². The second-order valence-electron chi connectivity index (χ2n) is 5.74. The first-order chi connectivity index (χ1) is 8.73. The van der Waals surface area contributed by atoms with Crippen LogP contribution in [0.25, 0.3) is 0 Å². The molecule has 0 bridgehead atoms. The SMILES string of the molecule is CCNC(=NCCNS(C)(=O)=O)N1CCC(C)(C)C1.I. The number of hydrogen-bond acceptors (Lipinski definition) is 3. The summed E-state index contributed by atoms with van der Waals surface area (Å²) in [5.74, 6) is 0.878. The molecule has 1 aliphatic rings. The van der Waals surface area contributed by atoms with E-state index in [2.05, 4.69) is 33.8 Å². The number of guanidine groups is 1. The largest absolute Gasteiger partial charge is 0.357 e. The first kappa shape index (κ1) is 19.9. The molecule has 0 saturated carbocycles. The molecular weight excluding hydrogens is 391 g/mol. The Labute approximate surface area is 139 Å². The molecule has 1 fully saturated rings. The van der Waals surface area contributed by atoms with Crippen molar-refractivity contribution in [1.82, 2.24) is 14.9 Å². The van der Waals surface area contributed by atoms with Gasteiger partial charge in [0.15, 0.2) is 5.96 Å². The maximum Gasteiger partial charge on any atom is 0.208 e. The number of halogens is 1. The van der Waals surface area contributed by atoms with Gasteiger partial charge in [-0.2, -0.15) is 0 Å². The minimum atomic E-state index is -3.13. The van der Waals surface area contributed by atoms with Crippen molar-refractivity contribution < 1.29 is 8.42 Å². The molecule has 1 heterocycles. The van der Waals surface area contributed by atoms with Crippen LogP contribution < -0.4 is 10.0 Å². The molecule has 0 amide bonds. The van der Waals surface area contributed by atoms with E-state index in [9.17, 15) is 8.42 Å². The lowest BCUT2D eigenvalue weighted by Gasteiger charge is -2.23. The Morgan fingerprint density at radius 3 is 2.50 bits per heavy atom. The highest BCUT2D eigenvalue weighted by atomic mass is 127. The number of hydrogen-bond donors (Lipinski definition) is 2. The van der Waals surface area contributed by atoms with Gasteiger partial charge < -0.3 is 10.2 Å². The molecule has 6 nitrogen and oxygen atoms in total. The lowest BCUT2D eigenvalue weighted by molar-refractivity contribution is 0.370. The molecule has 0 aliphatic carbocycles. The van der Waals surface area contributed by atoms with Crippen LogP contribution in [0.2, 0.25) is 0 Å². The first-order valence-corrected chi connectivity index (χ1v) is 8.60. The lowest BCUT2D eigenvalue weighted by Crippen LogP contribution is -2.41. The lowest BCUT2D eigenvalue weighted by atomic mass is 9.93. The van der Waals surface area contributed by atoms with Crippen LogP contribution in [0.3, 0.4) is 0 Å². The minimum absolute atomic E-state index is 0. The van der Waals surface area contributed by atoms with Gasteiger partial charge in [-0.3, -0.25) is 4.99 Å². The second-order valence-corrected chi connectivity index (χ2v) is 7.57. The predicted molar refractivity (Wildman–Crippen MR) is 94.2 cm³/mol. The van der Waals surface area contributed by atoms with Gasteiger partial charge in [-0.25, -0.2) is 13.1 Å². The summed E-state index contributed by atoms with van der Waals surface area (Å²) < 4.78 is 24.4. The zero-order valence-corrected chi connectivity index (χ0v) is 15.9. The van der Waals surface area contributed by atoms with Gasteiger partial charge in [0, 0.05) is 26.2 Å². The van der Waals surface area contributed by atoms with Gasteiger partial charge in [-0.1, -0.05) is 13.8 Å². The van der Waals surface area contributed by atoms with E-state index in [-0.39, 0.29) is 24.0 Å². The molecule has 8 heteroatoms. The average Bonchev–Trinajstić information content (AvgIpc) is 2.62. The van der Waals surface area contributed by atoms with Gasteiger partial charge in [0.25, 0.3) is 0 Å². The van der Waals surface area contributed by atoms with Gasteiger partial charge in [0.2, 0.25) is 10.0 Å². The number of nitrogens with one attached hydrogen (secondary N) is 2. The molecule has 0 spiro atoms. The van der Waals surface area contributed by atoms with Gasteiger partial charge in [-0.05, 0) is 18.8 Å². The Bertz CT molecular complexity index is 423. The van der Waals surface area contributed by atoms with Crippen molar-refractivity contribution in [2.75, 3.05) is 39.0 Å². The molecule has 120 valence electrons. The van der Waals surface area contributed by atoms with Crippen LogP contribution in [0.1, 0.15) is 27.2 Å². The van der Waals surface area contributed by atoms with Crippen molar-refractivity contribution in [3.05, 3.63) is 0 Å². The topological polar surface area (TPSA) is 73.8 Å². The van der Waals surface area contributed by atoms with E-state index in [0.29, 0.717) is 18.5 Å². The summed E-state index contributed by atoms with van der Waals surface area (Å²) in [6, 6.07) is 0. The third-order valence-corrected chi connectivity index (χ3v) is 3.78. The number of rotatable bonds is 5. The molecule has 0 atom stereocenters. The fraction of sp³-hybridized carbons (Fsp3) is 0.917. The smallest absolute Gasteiger partial charge is 0.208 e. The van der Waals surface area contributed by atoms with Crippen LogP contribution >= 0.6 is 24.0 Å². The molecular formula is C12H27IN4O2S. The summed E-state index contributed by atoms with van der Waals surface area (Å²) in [6.07, 6.45) is 2.31. The van der Waals surface area contributed by atoms with E-state index in [1.54, 1.807) is 0 Å². The second kappa shape index (κ2) is 8.38. The molecule has 1 aliphatic heterocycles. The summed E-state index contributed by atoms with van der Waals surface area (Å²) in [4.78, 5) is 6.71. The monoisotopic (exact) mass is 418 g/mol. The molecule has 0 aromatic heterocycles. The van der Waals surface area contributed by atoms with Crippen LogP contribution in [0, 0.1) is 5.41 Å². The Hall–Kier alpha value is -0.0900. The van der Waals surface area contributed by atoms with Crippen molar-refractivity contribution in [2.24, 2.45) is 10.4 Å². The van der Waals surface area contributed by atoms with E-state index >= 15 is 0 Å². The predicted octanol–water partition coefficient (Wildman–Crippen LogP) is 0.851. The third-order valence-electron chi connectivity index (χ3n) is 3.05. The summed E-state index contributed by atoms with van der Waals surface area (Å²) in [5, 5.41) is 3.26. The first-order valence-electron chi connectivity index (χ1n) is 6.71.